The van der Waals surface area contributed by atoms with Crippen LogP contribution < -0.4 is 9.47 Å². The second-order valence-electron chi connectivity index (χ2n) is 11.6. The van der Waals surface area contributed by atoms with Gasteiger partial charge in [0.05, 0.1) is 13.7 Å². The van der Waals surface area contributed by atoms with Crippen LogP contribution in [0.25, 0.3) is 23.3 Å². The van der Waals surface area contributed by atoms with E-state index in [0.717, 1.165) is 66.9 Å². The van der Waals surface area contributed by atoms with Gasteiger partial charge in [0.25, 0.3) is 0 Å². The Kier molecular flexibility index (Phi) is 10.4. The van der Waals surface area contributed by atoms with Crippen molar-refractivity contribution in [2.24, 2.45) is 0 Å². The molecule has 0 bridgehead atoms. The van der Waals surface area contributed by atoms with Crippen LogP contribution in [-0.2, 0) is 6.54 Å². The van der Waals surface area contributed by atoms with Crippen molar-refractivity contribution in [2.45, 2.75) is 58.9 Å². The van der Waals surface area contributed by atoms with Crippen LogP contribution in [0.3, 0.4) is 0 Å². The molecule has 0 atom stereocenters. The van der Waals surface area contributed by atoms with E-state index in [-0.39, 0.29) is 0 Å². The van der Waals surface area contributed by atoms with Crippen molar-refractivity contribution < 1.29 is 9.47 Å². The van der Waals surface area contributed by atoms with Crippen LogP contribution in [0.15, 0.2) is 48.5 Å². The molecule has 0 spiro atoms. The van der Waals surface area contributed by atoms with Crippen molar-refractivity contribution >= 4 is 23.8 Å². The Morgan fingerprint density at radius 1 is 0.756 bits per heavy atom. The van der Waals surface area contributed by atoms with E-state index in [9.17, 15) is 0 Å². The van der Waals surface area contributed by atoms with Crippen molar-refractivity contribution in [2.75, 3.05) is 46.4 Å². The van der Waals surface area contributed by atoms with Gasteiger partial charge in [-0.15, -0.1) is 0 Å². The Morgan fingerprint density at radius 3 is 2.17 bits per heavy atom. The molecule has 3 aromatic carbocycles. The largest absolute Gasteiger partial charge is 0.496 e. The van der Waals surface area contributed by atoms with Crippen molar-refractivity contribution in [3.8, 4) is 22.6 Å². The highest BCUT2D eigenvalue weighted by atomic mass is 35.5. The van der Waals surface area contributed by atoms with Gasteiger partial charge in [0, 0.05) is 23.7 Å². The third kappa shape index (κ3) is 7.54. The normalized spacial score (nSPS) is 16.5. The predicted octanol–water partition coefficient (Wildman–Crippen LogP) is 8.65. The molecule has 2 aliphatic rings. The van der Waals surface area contributed by atoms with Crippen LogP contribution in [-0.4, -0.2) is 56.2 Å². The van der Waals surface area contributed by atoms with Crippen molar-refractivity contribution in [1.29, 1.82) is 0 Å². The number of nitrogens with zero attached hydrogens (tertiary/aromatic N) is 2. The maximum absolute atomic E-state index is 6.79. The van der Waals surface area contributed by atoms with Gasteiger partial charge in [-0.05, 0) is 124 Å². The molecule has 5 heteroatoms. The fourth-order valence-electron chi connectivity index (χ4n) is 6.25. The first-order chi connectivity index (χ1) is 20.0. The van der Waals surface area contributed by atoms with Gasteiger partial charge < -0.3 is 14.4 Å². The molecule has 218 valence electrons. The number of halogens is 1. The summed E-state index contributed by atoms with van der Waals surface area (Å²) in [6.45, 7) is 11.9. The second-order valence-corrected chi connectivity index (χ2v) is 12.0. The molecule has 0 saturated carbocycles. The van der Waals surface area contributed by atoms with Gasteiger partial charge in [-0.1, -0.05) is 60.5 Å². The lowest BCUT2D eigenvalue weighted by atomic mass is 9.93. The Morgan fingerprint density at radius 2 is 1.41 bits per heavy atom. The second kappa shape index (κ2) is 14.4. The smallest absolute Gasteiger partial charge is 0.124 e. The summed E-state index contributed by atoms with van der Waals surface area (Å²) in [7, 11) is 1.75. The molecule has 4 nitrogen and oxygen atoms in total. The van der Waals surface area contributed by atoms with E-state index in [1.807, 2.05) is 0 Å². The molecule has 5 rings (SSSR count). The molecule has 0 radical (unpaired) electrons. The lowest BCUT2D eigenvalue weighted by Gasteiger charge is -2.27. The summed E-state index contributed by atoms with van der Waals surface area (Å²) >= 11 is 6.79. The summed E-state index contributed by atoms with van der Waals surface area (Å²) in [5.41, 5.74) is 8.17. The predicted molar refractivity (Wildman–Crippen MR) is 173 cm³/mol. The Balaban J connectivity index is 1.30. The number of hydrogen-bond acceptors (Lipinski definition) is 4. The van der Waals surface area contributed by atoms with Crippen molar-refractivity contribution in [3.05, 3.63) is 81.4 Å². The van der Waals surface area contributed by atoms with Gasteiger partial charge in [0.1, 0.15) is 11.5 Å². The molecule has 3 aromatic rings. The summed E-state index contributed by atoms with van der Waals surface area (Å²) < 4.78 is 12.0. The van der Waals surface area contributed by atoms with Crippen LogP contribution in [0.2, 0.25) is 5.02 Å². The molecule has 2 heterocycles. The lowest BCUT2D eigenvalue weighted by molar-refractivity contribution is 0.218. The quantitative estimate of drug-likeness (QED) is 0.169. The number of rotatable bonds is 11. The van der Waals surface area contributed by atoms with Crippen molar-refractivity contribution in [3.63, 3.8) is 0 Å². The Labute approximate surface area is 251 Å². The van der Waals surface area contributed by atoms with Gasteiger partial charge in [-0.3, -0.25) is 4.90 Å². The highest BCUT2D eigenvalue weighted by molar-refractivity contribution is 6.32. The molecule has 0 unspecified atom stereocenters. The first kappa shape index (κ1) is 29.7. The standard InChI is InChI=1S/C36H45ClN2O2/c1-27-29(16-17-30-25-36(40-3)31(24-34(30)37)26-39-20-5-4-6-21-39)12-9-13-32(27)33-14-10-15-35(28(33)2)41-23-11-22-38-18-7-8-19-38/h9-10,12-17,24-25H,4-8,11,18-23,26H2,1-3H3/b17-16+. The van der Waals surface area contributed by atoms with Crippen molar-refractivity contribution in [1.82, 2.24) is 9.80 Å². The summed E-state index contributed by atoms with van der Waals surface area (Å²) in [5.74, 6) is 1.88. The fourth-order valence-corrected chi connectivity index (χ4v) is 6.50. The van der Waals surface area contributed by atoms with Crippen LogP contribution in [0.1, 0.15) is 66.3 Å². The molecule has 41 heavy (non-hydrogen) atoms. The molecule has 0 aliphatic carbocycles. The minimum atomic E-state index is 0.754. The van der Waals surface area contributed by atoms with Gasteiger partial charge in [0.15, 0.2) is 0 Å². The zero-order chi connectivity index (χ0) is 28.6. The number of benzene rings is 3. The fraction of sp³-hybridized carbons (Fsp3) is 0.444. The number of piperidine rings is 1. The maximum Gasteiger partial charge on any atom is 0.124 e. The average Bonchev–Trinajstić information content (AvgIpc) is 3.51. The zero-order valence-corrected chi connectivity index (χ0v) is 25.8. The van der Waals surface area contributed by atoms with E-state index in [0.29, 0.717) is 0 Å². The Bertz CT molecular complexity index is 1340. The van der Waals surface area contributed by atoms with E-state index in [2.05, 4.69) is 84.3 Å². The number of hydrogen-bond donors (Lipinski definition) is 0. The topological polar surface area (TPSA) is 24.9 Å². The van der Waals surface area contributed by atoms with E-state index in [1.165, 1.54) is 73.0 Å². The van der Waals surface area contributed by atoms with Crippen LogP contribution >= 0.6 is 11.6 Å². The Hall–Kier alpha value is -2.79. The summed E-state index contributed by atoms with van der Waals surface area (Å²) in [6.07, 6.45) is 11.9. The van der Waals surface area contributed by atoms with E-state index < -0.39 is 0 Å². The first-order valence-corrected chi connectivity index (χ1v) is 15.7. The number of ether oxygens (including phenoxy) is 2. The molecular formula is C36H45ClN2O2. The molecule has 0 aromatic heterocycles. The minimum Gasteiger partial charge on any atom is -0.496 e. The average molecular weight is 573 g/mol. The molecule has 0 N–H and O–H groups in total. The van der Waals surface area contributed by atoms with Gasteiger partial charge in [-0.25, -0.2) is 0 Å². The SMILES string of the molecule is COc1cc(/C=C/c2cccc(-c3cccc(OCCCN4CCCC4)c3C)c2C)c(Cl)cc1CN1CCCCC1. The monoisotopic (exact) mass is 572 g/mol. The third-order valence-corrected chi connectivity index (χ3v) is 9.04. The summed E-state index contributed by atoms with van der Waals surface area (Å²) in [6, 6.07) is 17.1. The van der Waals surface area contributed by atoms with E-state index >= 15 is 0 Å². The van der Waals surface area contributed by atoms with Crippen LogP contribution in [0.4, 0.5) is 0 Å². The van der Waals surface area contributed by atoms with Gasteiger partial charge in [0.2, 0.25) is 0 Å². The highest BCUT2D eigenvalue weighted by Gasteiger charge is 2.16. The third-order valence-electron chi connectivity index (χ3n) is 8.71. The number of methoxy groups -OCH3 is 1. The zero-order valence-electron chi connectivity index (χ0n) is 25.1. The molecule has 2 fully saturated rings. The van der Waals surface area contributed by atoms with Gasteiger partial charge in [-0.2, -0.15) is 0 Å². The van der Waals surface area contributed by atoms with Crippen LogP contribution in [0.5, 0.6) is 11.5 Å². The maximum atomic E-state index is 6.79. The van der Waals surface area contributed by atoms with E-state index in [1.54, 1.807) is 7.11 Å². The highest BCUT2D eigenvalue weighted by Crippen LogP contribution is 2.35. The molecule has 0 amide bonds. The number of likely N-dealkylation sites (tertiary alicyclic amines) is 2. The van der Waals surface area contributed by atoms with Gasteiger partial charge >= 0.3 is 0 Å². The molecule has 2 aliphatic heterocycles. The molecule has 2 saturated heterocycles. The minimum absolute atomic E-state index is 0.754. The van der Waals surface area contributed by atoms with E-state index in [4.69, 9.17) is 21.1 Å². The first-order valence-electron chi connectivity index (χ1n) is 15.3. The lowest BCUT2D eigenvalue weighted by Crippen LogP contribution is -2.29. The van der Waals surface area contributed by atoms with Crippen LogP contribution in [0, 0.1) is 13.8 Å². The summed E-state index contributed by atoms with van der Waals surface area (Å²) in [5, 5.41) is 0.758. The summed E-state index contributed by atoms with van der Waals surface area (Å²) in [4.78, 5) is 5.04. The molecular weight excluding hydrogens is 528 g/mol.